The summed E-state index contributed by atoms with van der Waals surface area (Å²) in [6.07, 6.45) is 0. The van der Waals surface area contributed by atoms with Gasteiger partial charge in [-0.3, -0.25) is 0 Å². The van der Waals surface area contributed by atoms with E-state index >= 15 is 0 Å². The van der Waals surface area contributed by atoms with Gasteiger partial charge in [-0.1, -0.05) is 156 Å². The third kappa shape index (κ3) is 19.1. The SMILES string of the molecule is O=C([O-])c1c(Cl)cc(Cl)cc1Cl.[Sb].[c]1ccccc1.[c]1ccccc1.[c]1ccccc1.[c]1ccccc1. The number of benzene rings is 5. The monoisotopic (exact) mass is 652 g/mol. The molecule has 2 nitrogen and oxygen atoms in total. The molecule has 6 heteroatoms. The summed E-state index contributed by atoms with van der Waals surface area (Å²) in [6, 6.07) is 52.6. The van der Waals surface area contributed by atoms with Gasteiger partial charge in [0.15, 0.2) is 0 Å². The Hall–Kier alpha value is -2.74. The smallest absolute Gasteiger partial charge is 0.0745 e. The van der Waals surface area contributed by atoms with Crippen LogP contribution in [0.1, 0.15) is 10.4 Å². The van der Waals surface area contributed by atoms with Crippen molar-refractivity contribution in [3.63, 3.8) is 0 Å². The zero-order chi connectivity index (χ0) is 26.3. The standard InChI is InChI=1S/C7H3Cl3O2.4C6H5.Sb/c8-3-1-4(9)6(7(11)12)5(10)2-3;4*1-2-4-6-5-3-1;/h1-2H,(H,11,12);4*1-5H;/p-1. The van der Waals surface area contributed by atoms with Crippen LogP contribution in [0, 0.1) is 24.3 Å². The fourth-order valence-electron chi connectivity index (χ4n) is 2.10. The summed E-state index contributed by atoms with van der Waals surface area (Å²) < 4.78 is 0. The molecule has 0 aliphatic heterocycles. The zero-order valence-corrected chi connectivity index (χ0v) is 24.4. The molecule has 5 aromatic carbocycles. The van der Waals surface area contributed by atoms with E-state index in [0.29, 0.717) is 0 Å². The van der Waals surface area contributed by atoms with Gasteiger partial charge in [0.25, 0.3) is 0 Å². The van der Waals surface area contributed by atoms with Gasteiger partial charge < -0.3 is 9.90 Å². The van der Waals surface area contributed by atoms with Gasteiger partial charge in [-0.15, -0.1) is 0 Å². The quantitative estimate of drug-likeness (QED) is 0.175. The van der Waals surface area contributed by atoms with E-state index in [1.807, 2.05) is 121 Å². The first-order valence-corrected chi connectivity index (χ1v) is 11.7. The molecule has 7 radical (unpaired) electrons. The Bertz CT molecular complexity index is 923. The molecule has 5 rings (SSSR count). The first-order valence-electron chi connectivity index (χ1n) is 10.5. The van der Waals surface area contributed by atoms with E-state index in [1.54, 1.807) is 0 Å². The molecule has 0 aliphatic rings. The summed E-state index contributed by atoms with van der Waals surface area (Å²) in [6.45, 7) is 0. The molecule has 5 aromatic rings. The van der Waals surface area contributed by atoms with Gasteiger partial charge in [0.1, 0.15) is 0 Å². The van der Waals surface area contributed by atoms with Gasteiger partial charge in [0.2, 0.25) is 0 Å². The molecule has 0 heterocycles. The topological polar surface area (TPSA) is 40.1 Å². The second kappa shape index (κ2) is 23.6. The van der Waals surface area contributed by atoms with E-state index < -0.39 is 5.97 Å². The average molecular weight is 655 g/mol. The third-order valence-corrected chi connectivity index (χ3v) is 4.45. The zero-order valence-electron chi connectivity index (χ0n) is 19.6. The van der Waals surface area contributed by atoms with Crippen LogP contribution in [0.15, 0.2) is 133 Å². The molecule has 0 fully saturated rings. The maximum Gasteiger partial charge on any atom is 0.0745 e. The average Bonchev–Trinajstić information content (AvgIpc) is 2.93. The minimum Gasteiger partial charge on any atom is -0.545 e. The molecule has 0 atom stereocenters. The largest absolute Gasteiger partial charge is 0.545 e. The van der Waals surface area contributed by atoms with E-state index in [0.717, 1.165) is 0 Å². The molecule has 0 saturated carbocycles. The number of rotatable bonds is 1. The number of carbonyl (C=O) groups excluding carboxylic acids is 1. The Balaban J connectivity index is 0.000000452. The van der Waals surface area contributed by atoms with Gasteiger partial charge in [-0.2, -0.15) is 0 Å². The molecule has 0 unspecified atom stereocenters. The Morgan fingerprint density at radius 1 is 0.514 bits per heavy atom. The van der Waals surface area contributed by atoms with Crippen LogP contribution in [-0.4, -0.2) is 30.4 Å². The van der Waals surface area contributed by atoms with E-state index in [4.69, 9.17) is 34.8 Å². The number of halogens is 3. The molecule has 0 N–H and O–H groups in total. The second-order valence-corrected chi connectivity index (χ2v) is 7.59. The van der Waals surface area contributed by atoms with Gasteiger partial charge in [0, 0.05) is 35.0 Å². The number of carboxylic acids is 1. The minimum absolute atomic E-state index is 0. The van der Waals surface area contributed by atoms with E-state index in [2.05, 4.69) is 24.3 Å². The van der Waals surface area contributed by atoms with Crippen molar-refractivity contribution in [1.29, 1.82) is 0 Å². The van der Waals surface area contributed by atoms with Crippen LogP contribution >= 0.6 is 34.8 Å². The van der Waals surface area contributed by atoms with Crippen LogP contribution in [0.5, 0.6) is 0 Å². The van der Waals surface area contributed by atoms with Crippen molar-refractivity contribution < 1.29 is 9.90 Å². The molecular weight excluding hydrogens is 632 g/mol. The number of hydrogen-bond donors (Lipinski definition) is 0. The van der Waals surface area contributed by atoms with Crippen LogP contribution in [0.3, 0.4) is 0 Å². The normalized spacial score (nSPS) is 8.41. The molecule has 185 valence electrons. The minimum atomic E-state index is -1.42. The van der Waals surface area contributed by atoms with Crippen molar-refractivity contribution in [2.24, 2.45) is 0 Å². The maximum absolute atomic E-state index is 10.4. The number of aromatic carboxylic acids is 1. The van der Waals surface area contributed by atoms with Crippen molar-refractivity contribution in [1.82, 2.24) is 0 Å². The van der Waals surface area contributed by atoms with Crippen LogP contribution in [0.25, 0.3) is 0 Å². The summed E-state index contributed by atoms with van der Waals surface area (Å²) in [7, 11) is 0. The Kier molecular flexibility index (Phi) is 21.9. The van der Waals surface area contributed by atoms with Crippen molar-refractivity contribution in [3.8, 4) is 0 Å². The molecule has 0 saturated heterocycles. The van der Waals surface area contributed by atoms with Crippen LogP contribution in [0.4, 0.5) is 0 Å². The molecular formula is C31H22Cl3O2Sb-. The van der Waals surface area contributed by atoms with Crippen LogP contribution in [0.2, 0.25) is 15.1 Å². The van der Waals surface area contributed by atoms with Crippen LogP contribution < -0.4 is 5.11 Å². The summed E-state index contributed by atoms with van der Waals surface area (Å²) in [5.74, 6) is -1.42. The Morgan fingerprint density at radius 3 is 0.892 bits per heavy atom. The maximum atomic E-state index is 10.4. The molecule has 0 spiro atoms. The van der Waals surface area contributed by atoms with E-state index in [9.17, 15) is 9.90 Å². The first-order chi connectivity index (χ1) is 17.5. The van der Waals surface area contributed by atoms with E-state index in [-0.39, 0.29) is 45.1 Å². The number of carboxylic acid groups (broad SMARTS) is 1. The Labute approximate surface area is 251 Å². The molecule has 0 aliphatic carbocycles. The van der Waals surface area contributed by atoms with Crippen molar-refractivity contribution in [2.75, 3.05) is 0 Å². The fraction of sp³-hybridized carbons (Fsp3) is 0. The molecule has 0 bridgehead atoms. The second-order valence-electron chi connectivity index (χ2n) is 6.34. The summed E-state index contributed by atoms with van der Waals surface area (Å²) in [5, 5.41) is 10.7. The number of hydrogen-bond acceptors (Lipinski definition) is 2. The third-order valence-electron chi connectivity index (χ3n) is 3.64. The number of carbonyl (C=O) groups is 1. The fourth-order valence-corrected chi connectivity index (χ4v) is 3.08. The van der Waals surface area contributed by atoms with E-state index in [1.165, 1.54) is 12.1 Å². The van der Waals surface area contributed by atoms with Crippen molar-refractivity contribution in [2.45, 2.75) is 0 Å². The first kappa shape index (κ1) is 34.3. The van der Waals surface area contributed by atoms with Crippen molar-refractivity contribution >= 4 is 65.2 Å². The van der Waals surface area contributed by atoms with Gasteiger partial charge in [0.05, 0.1) is 16.0 Å². The van der Waals surface area contributed by atoms with Gasteiger partial charge >= 0.3 is 0 Å². The van der Waals surface area contributed by atoms with Crippen molar-refractivity contribution in [3.05, 3.63) is 178 Å². The predicted octanol–water partition coefficient (Wildman–Crippen LogP) is 7.58. The predicted molar refractivity (Wildman–Crippen MR) is 153 cm³/mol. The summed E-state index contributed by atoms with van der Waals surface area (Å²) in [5.41, 5.74) is -0.234. The molecule has 37 heavy (non-hydrogen) atoms. The van der Waals surface area contributed by atoms with Gasteiger partial charge in [-0.25, -0.2) is 0 Å². The molecule has 0 amide bonds. The Morgan fingerprint density at radius 2 is 0.757 bits per heavy atom. The van der Waals surface area contributed by atoms with Gasteiger partial charge in [-0.05, 0) is 36.4 Å². The molecule has 0 aromatic heterocycles. The van der Waals surface area contributed by atoms with Crippen LogP contribution in [-0.2, 0) is 0 Å². The summed E-state index contributed by atoms with van der Waals surface area (Å²) in [4.78, 5) is 10.4. The summed E-state index contributed by atoms with van der Waals surface area (Å²) >= 11 is 16.6.